The summed E-state index contributed by atoms with van der Waals surface area (Å²) in [5.41, 5.74) is 9.01. The third-order valence-corrected chi connectivity index (χ3v) is 4.21. The van der Waals surface area contributed by atoms with Crippen LogP contribution in [0.25, 0.3) is 17.3 Å². The molecule has 0 aliphatic carbocycles. The van der Waals surface area contributed by atoms with Gasteiger partial charge in [0.05, 0.1) is 30.6 Å². The summed E-state index contributed by atoms with van der Waals surface area (Å²) in [4.78, 5) is 15.7. The molecule has 0 saturated carbocycles. The number of aromatic amines is 1. The molecule has 3 rings (SSSR count). The van der Waals surface area contributed by atoms with Crippen LogP contribution in [0.4, 0.5) is 0 Å². The number of hydrogen-bond donors (Lipinski definition) is 2. The lowest BCUT2D eigenvalue weighted by atomic mass is 9.92. The van der Waals surface area contributed by atoms with E-state index in [2.05, 4.69) is 34.6 Å². The number of hydrazone groups is 1. The van der Waals surface area contributed by atoms with Gasteiger partial charge < -0.3 is 10.2 Å². The molecule has 3 heterocycles. The molecule has 2 N–H and O–H groups in total. The SMILES string of the molecule is CCCc1c(-c2cn[nH]c2)nc2c(c1C)C/C(OC=O)=N\NC/C=C\2. The van der Waals surface area contributed by atoms with Crippen LogP contribution in [0.3, 0.4) is 0 Å². The van der Waals surface area contributed by atoms with Gasteiger partial charge in [-0.05, 0) is 36.1 Å². The second-order valence-electron chi connectivity index (χ2n) is 5.83. The summed E-state index contributed by atoms with van der Waals surface area (Å²) in [5.74, 6) is 0.336. The molecule has 25 heavy (non-hydrogen) atoms. The van der Waals surface area contributed by atoms with Crippen molar-refractivity contribution in [2.24, 2.45) is 5.10 Å². The highest BCUT2D eigenvalue weighted by Gasteiger charge is 2.19. The van der Waals surface area contributed by atoms with E-state index in [1.54, 1.807) is 6.20 Å². The molecule has 1 aliphatic rings. The number of carbonyl (C=O) groups excluding carboxylic acids is 1. The van der Waals surface area contributed by atoms with Gasteiger partial charge in [-0.2, -0.15) is 5.10 Å². The summed E-state index contributed by atoms with van der Waals surface area (Å²) in [6.07, 6.45) is 9.91. The van der Waals surface area contributed by atoms with Crippen LogP contribution in [0.2, 0.25) is 0 Å². The Morgan fingerprint density at radius 3 is 3.00 bits per heavy atom. The fourth-order valence-electron chi connectivity index (χ4n) is 3.01. The lowest BCUT2D eigenvalue weighted by Crippen LogP contribution is -2.16. The maximum absolute atomic E-state index is 10.8. The Balaban J connectivity index is 2.17. The number of aromatic nitrogens is 3. The molecule has 2 aromatic heterocycles. The van der Waals surface area contributed by atoms with Crippen LogP contribution in [0, 0.1) is 6.92 Å². The summed E-state index contributed by atoms with van der Waals surface area (Å²) >= 11 is 0. The minimum Gasteiger partial charge on any atom is -0.412 e. The second-order valence-corrected chi connectivity index (χ2v) is 5.83. The van der Waals surface area contributed by atoms with Crippen molar-refractivity contribution in [3.8, 4) is 11.3 Å². The lowest BCUT2D eigenvalue weighted by molar-refractivity contribution is -0.121. The van der Waals surface area contributed by atoms with Crippen molar-refractivity contribution >= 4 is 18.4 Å². The Bertz CT molecular complexity index is 809. The number of carbonyl (C=O) groups is 1. The molecule has 0 unspecified atom stereocenters. The first-order chi connectivity index (χ1) is 12.2. The summed E-state index contributed by atoms with van der Waals surface area (Å²) < 4.78 is 5.02. The first-order valence-electron chi connectivity index (χ1n) is 8.32. The van der Waals surface area contributed by atoms with Crippen molar-refractivity contribution in [1.29, 1.82) is 0 Å². The van der Waals surface area contributed by atoms with Crippen molar-refractivity contribution < 1.29 is 9.53 Å². The molecule has 0 saturated heterocycles. The van der Waals surface area contributed by atoms with Crippen LogP contribution >= 0.6 is 0 Å². The predicted molar refractivity (Wildman–Crippen MR) is 95.9 cm³/mol. The minimum atomic E-state index is 0.336. The van der Waals surface area contributed by atoms with Crippen molar-refractivity contribution in [3.05, 3.63) is 40.9 Å². The van der Waals surface area contributed by atoms with Crippen LogP contribution < -0.4 is 5.43 Å². The van der Waals surface area contributed by atoms with Gasteiger partial charge in [-0.1, -0.05) is 19.4 Å². The van der Waals surface area contributed by atoms with E-state index in [9.17, 15) is 4.79 Å². The van der Waals surface area contributed by atoms with Gasteiger partial charge in [0.2, 0.25) is 5.90 Å². The molecule has 7 nitrogen and oxygen atoms in total. The van der Waals surface area contributed by atoms with Crippen LogP contribution in [-0.2, 0) is 22.4 Å². The average molecular weight is 339 g/mol. The molecule has 7 heteroatoms. The van der Waals surface area contributed by atoms with Crippen molar-refractivity contribution in [2.75, 3.05) is 6.54 Å². The van der Waals surface area contributed by atoms with Gasteiger partial charge in [0.15, 0.2) is 0 Å². The number of H-pyrrole nitrogens is 1. The number of fused-ring (bicyclic) bond motifs is 1. The van der Waals surface area contributed by atoms with E-state index in [4.69, 9.17) is 9.72 Å². The van der Waals surface area contributed by atoms with Gasteiger partial charge in [0, 0.05) is 11.8 Å². The minimum absolute atomic E-state index is 0.336. The number of nitrogens with zero attached hydrogens (tertiary/aromatic N) is 3. The fraction of sp³-hybridized carbons (Fsp3) is 0.333. The number of hydrogen-bond acceptors (Lipinski definition) is 6. The first kappa shape index (κ1) is 16.9. The molecule has 0 radical (unpaired) electrons. The molecule has 0 fully saturated rings. The molecule has 0 aromatic carbocycles. The van der Waals surface area contributed by atoms with E-state index in [1.807, 2.05) is 18.3 Å². The Labute approximate surface area is 146 Å². The molecule has 0 atom stereocenters. The monoisotopic (exact) mass is 339 g/mol. The van der Waals surface area contributed by atoms with E-state index >= 15 is 0 Å². The highest BCUT2D eigenvalue weighted by atomic mass is 16.5. The van der Waals surface area contributed by atoms with Gasteiger partial charge in [0.1, 0.15) is 0 Å². The van der Waals surface area contributed by atoms with Crippen molar-refractivity contribution in [3.63, 3.8) is 0 Å². The Morgan fingerprint density at radius 1 is 1.40 bits per heavy atom. The third-order valence-electron chi connectivity index (χ3n) is 4.21. The van der Waals surface area contributed by atoms with Gasteiger partial charge in [-0.3, -0.25) is 9.89 Å². The fourth-order valence-corrected chi connectivity index (χ4v) is 3.01. The summed E-state index contributed by atoms with van der Waals surface area (Å²) in [7, 11) is 0. The zero-order valence-corrected chi connectivity index (χ0v) is 14.4. The Morgan fingerprint density at radius 2 is 2.28 bits per heavy atom. The third kappa shape index (κ3) is 3.60. The summed E-state index contributed by atoms with van der Waals surface area (Å²) in [6, 6.07) is 0. The quantitative estimate of drug-likeness (QED) is 0.834. The molecular formula is C18H21N5O2. The number of ether oxygens (including phenoxy) is 1. The van der Waals surface area contributed by atoms with Crippen LogP contribution in [0.1, 0.15) is 35.7 Å². The lowest BCUT2D eigenvalue weighted by Gasteiger charge is -2.17. The van der Waals surface area contributed by atoms with Crippen molar-refractivity contribution in [1.82, 2.24) is 20.6 Å². The van der Waals surface area contributed by atoms with E-state index in [0.29, 0.717) is 25.3 Å². The summed E-state index contributed by atoms with van der Waals surface area (Å²) in [5, 5.41) is 11.1. The smallest absolute Gasteiger partial charge is 0.299 e. The molecule has 0 spiro atoms. The highest BCUT2D eigenvalue weighted by Crippen LogP contribution is 2.30. The highest BCUT2D eigenvalue weighted by molar-refractivity contribution is 5.85. The standard InChI is InChI=1S/C18H21N5O2/c1-3-5-14-12(2)15-8-17(25-11-24)23-19-7-4-6-16(15)22-18(14)13-9-20-21-10-13/h4,6,9-11,19H,3,5,7-8H2,1-2H3,(H,20,21)/b6-4-,23-17+. The van der Waals surface area contributed by atoms with E-state index in [-0.39, 0.29) is 0 Å². The molecule has 2 aromatic rings. The maximum atomic E-state index is 10.8. The Kier molecular flexibility index (Phi) is 5.23. The zero-order valence-electron chi connectivity index (χ0n) is 14.4. The largest absolute Gasteiger partial charge is 0.412 e. The number of rotatable bonds is 4. The zero-order chi connectivity index (χ0) is 17.6. The van der Waals surface area contributed by atoms with Crippen LogP contribution in [-0.4, -0.2) is 34.1 Å². The average Bonchev–Trinajstić information content (AvgIpc) is 3.15. The predicted octanol–water partition coefficient (Wildman–Crippen LogP) is 2.38. The van der Waals surface area contributed by atoms with Gasteiger partial charge in [0.25, 0.3) is 6.47 Å². The maximum Gasteiger partial charge on any atom is 0.299 e. The van der Waals surface area contributed by atoms with E-state index < -0.39 is 0 Å². The van der Waals surface area contributed by atoms with Crippen LogP contribution in [0.5, 0.6) is 0 Å². The molecule has 0 amide bonds. The van der Waals surface area contributed by atoms with Crippen LogP contribution in [0.15, 0.2) is 23.6 Å². The van der Waals surface area contributed by atoms with Crippen molar-refractivity contribution in [2.45, 2.75) is 33.1 Å². The second kappa shape index (κ2) is 7.74. The molecule has 130 valence electrons. The van der Waals surface area contributed by atoms with Gasteiger partial charge in [-0.15, -0.1) is 5.10 Å². The van der Waals surface area contributed by atoms with Gasteiger partial charge >= 0.3 is 0 Å². The Hall–Kier alpha value is -2.96. The van der Waals surface area contributed by atoms with E-state index in [1.165, 1.54) is 5.56 Å². The van der Waals surface area contributed by atoms with Gasteiger partial charge in [-0.25, -0.2) is 4.98 Å². The molecular weight excluding hydrogens is 318 g/mol. The summed E-state index contributed by atoms with van der Waals surface area (Å²) in [6.45, 7) is 5.17. The molecule has 0 bridgehead atoms. The number of pyridine rings is 1. The van der Waals surface area contributed by atoms with E-state index in [0.717, 1.165) is 40.9 Å². The normalized spacial score (nSPS) is 17.1. The first-order valence-corrected chi connectivity index (χ1v) is 8.32. The number of nitrogens with one attached hydrogen (secondary N) is 2. The topological polar surface area (TPSA) is 92.3 Å². The molecule has 1 aliphatic heterocycles.